The number of unbranched alkanes of at least 4 members (excludes halogenated alkanes) is 6. The van der Waals surface area contributed by atoms with E-state index in [4.69, 9.17) is 5.73 Å². The van der Waals surface area contributed by atoms with E-state index in [1.165, 1.54) is 6.42 Å². The van der Waals surface area contributed by atoms with Crippen LogP contribution in [0.1, 0.15) is 90.5 Å². The molecule has 0 fully saturated rings. The van der Waals surface area contributed by atoms with Crippen molar-refractivity contribution in [3.8, 4) is 0 Å². The normalized spacial score (nSPS) is 13.1. The summed E-state index contributed by atoms with van der Waals surface area (Å²) >= 11 is 0. The predicted octanol–water partition coefficient (Wildman–Crippen LogP) is 2.18. The third kappa shape index (κ3) is 13.4. The second-order valence-corrected chi connectivity index (χ2v) is 11.6. The fourth-order valence-electron chi connectivity index (χ4n) is 4.96. The first-order valence-electron chi connectivity index (χ1n) is 15.7. The lowest BCUT2D eigenvalue weighted by atomic mass is 10.0. The Labute approximate surface area is 263 Å². The Hall–Kier alpha value is -4.42. The number of fused-ring (bicyclic) bond motifs is 1. The van der Waals surface area contributed by atoms with E-state index >= 15 is 0 Å². The van der Waals surface area contributed by atoms with E-state index in [0.29, 0.717) is 6.42 Å². The maximum absolute atomic E-state index is 13.6. The third-order valence-corrected chi connectivity index (χ3v) is 7.24. The van der Waals surface area contributed by atoms with E-state index in [1.807, 2.05) is 24.3 Å². The highest BCUT2D eigenvalue weighted by molar-refractivity contribution is 5.97. The minimum atomic E-state index is -1.52. The third-order valence-electron chi connectivity index (χ3n) is 7.24. The second kappa shape index (κ2) is 19.1. The first-order chi connectivity index (χ1) is 21.4. The topological polar surface area (TPSA) is 213 Å². The minimum Gasteiger partial charge on any atom is -0.481 e. The van der Waals surface area contributed by atoms with E-state index in [2.05, 4.69) is 33.2 Å². The first kappa shape index (κ1) is 36.8. The molecule has 0 saturated heterocycles. The van der Waals surface area contributed by atoms with Crippen LogP contribution in [0.3, 0.4) is 0 Å². The van der Waals surface area contributed by atoms with E-state index in [1.54, 1.807) is 20.0 Å². The monoisotopic (exact) mass is 628 g/mol. The standard InChI is InChI=1S/C32H48N6O7/c1-4-5-6-7-8-9-10-15-28(40)36-24(16-21-19-34-23-14-12-11-13-22(21)23)31(44)37-25(17-27(33)39)32(45)38-26(18-29(41)42)30(43)35-20(2)3/h11-14,19-20,24-26,34H,4-10,15-18H2,1-3H3,(H2,33,39)(H,35,43)(H,36,40)(H,37,44)(H,38,45)(H,41,42). The number of carboxylic acid groups (broad SMARTS) is 1. The second-order valence-electron chi connectivity index (χ2n) is 11.6. The molecule has 0 aliphatic heterocycles. The molecule has 248 valence electrons. The maximum atomic E-state index is 13.6. The molecule has 13 heteroatoms. The van der Waals surface area contributed by atoms with E-state index in [-0.39, 0.29) is 24.8 Å². The number of carbonyl (C=O) groups is 6. The Balaban J connectivity index is 2.21. The SMILES string of the molecule is CCCCCCCCCC(=O)NC(Cc1c[nH]c2ccccc12)C(=O)NC(CC(N)=O)C(=O)NC(CC(=O)O)C(=O)NC(C)C. The summed E-state index contributed by atoms with van der Waals surface area (Å²) in [6.45, 7) is 5.49. The zero-order valence-corrected chi connectivity index (χ0v) is 26.4. The minimum absolute atomic E-state index is 0.0853. The Bertz CT molecular complexity index is 1310. The van der Waals surface area contributed by atoms with Crippen molar-refractivity contribution in [1.29, 1.82) is 0 Å². The number of amides is 5. The Morgan fingerprint density at radius 2 is 1.36 bits per heavy atom. The summed E-state index contributed by atoms with van der Waals surface area (Å²) in [6, 6.07) is 3.04. The van der Waals surface area contributed by atoms with Crippen LogP contribution < -0.4 is 27.0 Å². The van der Waals surface area contributed by atoms with Gasteiger partial charge >= 0.3 is 5.97 Å². The molecule has 1 aromatic carbocycles. The molecule has 2 aromatic rings. The van der Waals surface area contributed by atoms with Crippen molar-refractivity contribution in [1.82, 2.24) is 26.3 Å². The summed E-state index contributed by atoms with van der Waals surface area (Å²) in [5.74, 6) is -5.01. The van der Waals surface area contributed by atoms with Crippen molar-refractivity contribution in [2.24, 2.45) is 5.73 Å². The van der Waals surface area contributed by atoms with Crippen LogP contribution in [0.2, 0.25) is 0 Å². The van der Waals surface area contributed by atoms with Gasteiger partial charge in [0.15, 0.2) is 0 Å². The smallest absolute Gasteiger partial charge is 0.305 e. The average molecular weight is 629 g/mol. The van der Waals surface area contributed by atoms with Crippen LogP contribution in [0, 0.1) is 0 Å². The van der Waals surface area contributed by atoms with Crippen LogP contribution in [-0.4, -0.2) is 69.8 Å². The number of aromatic amines is 1. The van der Waals surface area contributed by atoms with E-state index in [9.17, 15) is 33.9 Å². The molecule has 0 aliphatic rings. The molecular formula is C32H48N6O7. The molecule has 0 saturated carbocycles. The van der Waals surface area contributed by atoms with Gasteiger partial charge in [0, 0.05) is 36.0 Å². The summed E-state index contributed by atoms with van der Waals surface area (Å²) < 4.78 is 0. The number of rotatable bonds is 21. The number of carboxylic acids is 1. The number of aliphatic carboxylic acids is 1. The van der Waals surface area contributed by atoms with Gasteiger partial charge in [0.05, 0.1) is 12.8 Å². The number of para-hydroxylation sites is 1. The summed E-state index contributed by atoms with van der Waals surface area (Å²) in [5.41, 5.74) is 6.96. The van der Waals surface area contributed by atoms with Gasteiger partial charge < -0.3 is 37.1 Å². The molecule has 5 amide bonds. The molecule has 3 atom stereocenters. The molecule has 1 aromatic heterocycles. The van der Waals surface area contributed by atoms with Gasteiger partial charge in [0.2, 0.25) is 29.5 Å². The quantitative estimate of drug-likeness (QED) is 0.102. The van der Waals surface area contributed by atoms with E-state index in [0.717, 1.165) is 48.6 Å². The number of nitrogens with two attached hydrogens (primary N) is 1. The van der Waals surface area contributed by atoms with Gasteiger partial charge in [0.1, 0.15) is 18.1 Å². The lowest BCUT2D eigenvalue weighted by Crippen LogP contribution is -2.58. The van der Waals surface area contributed by atoms with Crippen molar-refractivity contribution in [3.63, 3.8) is 0 Å². The number of nitrogens with one attached hydrogen (secondary N) is 5. The number of aromatic nitrogens is 1. The number of primary amides is 1. The molecule has 3 unspecified atom stereocenters. The highest BCUT2D eigenvalue weighted by Crippen LogP contribution is 2.19. The van der Waals surface area contributed by atoms with Gasteiger partial charge in [-0.25, -0.2) is 0 Å². The number of benzene rings is 1. The van der Waals surface area contributed by atoms with Crippen molar-refractivity contribution in [2.75, 3.05) is 0 Å². The molecule has 2 rings (SSSR count). The molecule has 0 bridgehead atoms. The number of H-pyrrole nitrogens is 1. The van der Waals surface area contributed by atoms with E-state index < -0.39 is 60.6 Å². The first-order valence-corrected chi connectivity index (χ1v) is 15.7. The van der Waals surface area contributed by atoms with Gasteiger partial charge in [-0.05, 0) is 31.9 Å². The summed E-state index contributed by atoms with van der Waals surface area (Å²) in [6.07, 6.45) is 7.89. The molecule has 1 heterocycles. The van der Waals surface area contributed by atoms with Crippen LogP contribution in [0.4, 0.5) is 0 Å². The van der Waals surface area contributed by atoms with Crippen molar-refractivity contribution in [3.05, 3.63) is 36.0 Å². The van der Waals surface area contributed by atoms with Crippen molar-refractivity contribution < 1.29 is 33.9 Å². The van der Waals surface area contributed by atoms with Crippen LogP contribution >= 0.6 is 0 Å². The average Bonchev–Trinajstić information content (AvgIpc) is 3.37. The van der Waals surface area contributed by atoms with Crippen LogP contribution in [0.5, 0.6) is 0 Å². The molecule has 13 nitrogen and oxygen atoms in total. The summed E-state index contributed by atoms with van der Waals surface area (Å²) in [4.78, 5) is 78.7. The van der Waals surface area contributed by atoms with Crippen LogP contribution in [0.25, 0.3) is 10.9 Å². The zero-order chi connectivity index (χ0) is 33.4. The largest absolute Gasteiger partial charge is 0.481 e. The Kier molecular flexibility index (Phi) is 15.6. The highest BCUT2D eigenvalue weighted by atomic mass is 16.4. The summed E-state index contributed by atoms with van der Waals surface area (Å²) in [5, 5.41) is 20.3. The molecule has 8 N–H and O–H groups in total. The van der Waals surface area contributed by atoms with Crippen LogP contribution in [-0.2, 0) is 35.2 Å². The van der Waals surface area contributed by atoms with Crippen molar-refractivity contribution >= 4 is 46.4 Å². The van der Waals surface area contributed by atoms with Gasteiger partial charge in [-0.2, -0.15) is 0 Å². The summed E-state index contributed by atoms with van der Waals surface area (Å²) in [7, 11) is 0. The lowest BCUT2D eigenvalue weighted by Gasteiger charge is -2.25. The Morgan fingerprint density at radius 1 is 0.778 bits per heavy atom. The van der Waals surface area contributed by atoms with Gasteiger partial charge in [0.25, 0.3) is 0 Å². The van der Waals surface area contributed by atoms with Crippen LogP contribution in [0.15, 0.2) is 30.5 Å². The highest BCUT2D eigenvalue weighted by Gasteiger charge is 2.32. The molecule has 0 spiro atoms. The van der Waals surface area contributed by atoms with Gasteiger partial charge in [-0.3, -0.25) is 28.8 Å². The predicted molar refractivity (Wildman–Crippen MR) is 170 cm³/mol. The molecule has 0 radical (unpaired) electrons. The molecule has 45 heavy (non-hydrogen) atoms. The number of carbonyl (C=O) groups excluding carboxylic acids is 5. The van der Waals surface area contributed by atoms with Gasteiger partial charge in [-0.15, -0.1) is 0 Å². The van der Waals surface area contributed by atoms with Gasteiger partial charge in [-0.1, -0.05) is 63.6 Å². The maximum Gasteiger partial charge on any atom is 0.305 e. The fraction of sp³-hybridized carbons (Fsp3) is 0.562. The Morgan fingerprint density at radius 3 is 1.98 bits per heavy atom. The number of hydrogen-bond donors (Lipinski definition) is 7. The van der Waals surface area contributed by atoms with Crippen molar-refractivity contribution in [2.45, 2.75) is 116 Å². The number of hydrogen-bond acceptors (Lipinski definition) is 6. The molecular weight excluding hydrogens is 580 g/mol. The zero-order valence-electron chi connectivity index (χ0n) is 26.4. The molecule has 0 aliphatic carbocycles. The lowest BCUT2D eigenvalue weighted by molar-refractivity contribution is -0.141. The fourth-order valence-corrected chi connectivity index (χ4v) is 4.96.